The number of benzene rings is 2. The Bertz CT molecular complexity index is 1140. The number of nitrogens with one attached hydrogen (secondary N) is 1. The number of nitrogens with zero attached hydrogens (tertiary/aromatic N) is 2. The number of aromatic nitrogens is 2. The van der Waals surface area contributed by atoms with Crippen LogP contribution in [-0.4, -0.2) is 35.3 Å². The summed E-state index contributed by atoms with van der Waals surface area (Å²) >= 11 is 7.59. The third kappa shape index (κ3) is 5.20. The Morgan fingerprint density at radius 3 is 2.55 bits per heavy atom. The molecule has 1 unspecified atom stereocenters. The van der Waals surface area contributed by atoms with E-state index in [-0.39, 0.29) is 11.0 Å². The number of hydrogen-bond donors (Lipinski definition) is 1. The molecule has 0 amide bonds. The van der Waals surface area contributed by atoms with Gasteiger partial charge in [-0.05, 0) is 55.8 Å². The van der Waals surface area contributed by atoms with Crippen molar-refractivity contribution in [3.63, 3.8) is 0 Å². The van der Waals surface area contributed by atoms with E-state index in [9.17, 15) is 13.2 Å². The van der Waals surface area contributed by atoms with Gasteiger partial charge in [-0.3, -0.25) is 14.1 Å². The molecule has 0 saturated carbocycles. The van der Waals surface area contributed by atoms with Crippen LogP contribution in [0.1, 0.15) is 22.8 Å². The lowest BCUT2D eigenvalue weighted by atomic mass is 10.1. The van der Waals surface area contributed by atoms with Gasteiger partial charge >= 0.3 is 0 Å². The zero-order chi connectivity index (χ0) is 21.2. The van der Waals surface area contributed by atoms with Crippen LogP contribution < -0.4 is 4.72 Å². The molecule has 152 valence electrons. The molecule has 6 nitrogen and oxygen atoms in total. The van der Waals surface area contributed by atoms with Crippen LogP contribution in [0.5, 0.6) is 0 Å². The Morgan fingerprint density at radius 1 is 1.21 bits per heavy atom. The molecular formula is C20H20ClN3O3S2. The van der Waals surface area contributed by atoms with Crippen LogP contribution in [0.4, 0.5) is 5.69 Å². The second-order valence-corrected chi connectivity index (χ2v) is 10.0. The molecule has 1 N–H and O–H groups in total. The number of thioether (sulfide) groups is 1. The van der Waals surface area contributed by atoms with Crippen LogP contribution in [0.25, 0.3) is 5.69 Å². The van der Waals surface area contributed by atoms with Crippen LogP contribution >= 0.6 is 23.4 Å². The number of rotatable bonds is 7. The Kier molecular flexibility index (Phi) is 6.36. The molecule has 0 radical (unpaired) electrons. The van der Waals surface area contributed by atoms with Gasteiger partial charge in [-0.1, -0.05) is 29.4 Å². The van der Waals surface area contributed by atoms with Gasteiger partial charge in [-0.2, -0.15) is 0 Å². The molecule has 1 atom stereocenters. The zero-order valence-corrected chi connectivity index (χ0v) is 18.5. The highest BCUT2D eigenvalue weighted by Gasteiger charge is 2.20. The average molecular weight is 450 g/mol. The van der Waals surface area contributed by atoms with Crippen LogP contribution in [0, 0.1) is 6.92 Å². The standard InChI is InChI=1S/C20H20ClN3O3S2/c1-13-17(21)5-4-6-18(13)24-12-11-22-20(24)28-14(2)19(25)15-7-9-16(10-8-15)23-29(3,26)27/h4-12,14,23H,1-3H3. The number of sulfonamides is 1. The topological polar surface area (TPSA) is 81.1 Å². The lowest BCUT2D eigenvalue weighted by Gasteiger charge is -2.14. The van der Waals surface area contributed by atoms with E-state index in [0.717, 1.165) is 17.5 Å². The molecule has 3 rings (SSSR count). The monoisotopic (exact) mass is 449 g/mol. The number of anilines is 1. The first-order chi connectivity index (χ1) is 13.7. The largest absolute Gasteiger partial charge is 0.295 e. The molecular weight excluding hydrogens is 430 g/mol. The number of halogens is 1. The molecule has 3 aromatic rings. The first kappa shape index (κ1) is 21.4. The van der Waals surface area contributed by atoms with Crippen molar-refractivity contribution in [2.45, 2.75) is 24.3 Å². The van der Waals surface area contributed by atoms with Gasteiger partial charge in [0.2, 0.25) is 10.0 Å². The Balaban J connectivity index is 1.77. The maximum absolute atomic E-state index is 12.8. The fourth-order valence-corrected chi connectivity index (χ4v) is 4.47. The summed E-state index contributed by atoms with van der Waals surface area (Å²) in [6.07, 6.45) is 4.60. The number of carbonyl (C=O) groups is 1. The van der Waals surface area contributed by atoms with Crippen molar-refractivity contribution in [1.82, 2.24) is 9.55 Å². The number of hydrogen-bond acceptors (Lipinski definition) is 5. The normalized spacial score (nSPS) is 12.6. The molecule has 0 aliphatic heterocycles. The first-order valence-corrected chi connectivity index (χ1v) is 11.9. The van der Waals surface area contributed by atoms with Crippen molar-refractivity contribution in [3.05, 3.63) is 71.0 Å². The summed E-state index contributed by atoms with van der Waals surface area (Å²) in [7, 11) is -3.36. The number of carbonyl (C=O) groups excluding carboxylic acids is 1. The molecule has 0 bridgehead atoms. The summed E-state index contributed by atoms with van der Waals surface area (Å²) in [5, 5.41) is 0.968. The second-order valence-electron chi connectivity index (χ2n) is 6.54. The van der Waals surface area contributed by atoms with E-state index < -0.39 is 10.0 Å². The maximum atomic E-state index is 12.8. The molecule has 0 spiro atoms. The highest BCUT2D eigenvalue weighted by atomic mass is 35.5. The minimum Gasteiger partial charge on any atom is -0.295 e. The van der Waals surface area contributed by atoms with Crippen molar-refractivity contribution < 1.29 is 13.2 Å². The summed E-state index contributed by atoms with van der Waals surface area (Å²) in [5.74, 6) is -0.0710. The van der Waals surface area contributed by atoms with Crippen molar-refractivity contribution in [2.75, 3.05) is 11.0 Å². The zero-order valence-electron chi connectivity index (χ0n) is 16.1. The maximum Gasteiger partial charge on any atom is 0.229 e. The van der Waals surface area contributed by atoms with E-state index in [1.807, 2.05) is 42.8 Å². The summed E-state index contributed by atoms with van der Waals surface area (Å²) in [4.78, 5) is 17.2. The quantitative estimate of drug-likeness (QED) is 0.422. The van der Waals surface area contributed by atoms with E-state index >= 15 is 0 Å². The molecule has 2 aromatic carbocycles. The van der Waals surface area contributed by atoms with Crippen LogP contribution in [0.2, 0.25) is 5.02 Å². The van der Waals surface area contributed by atoms with E-state index in [1.54, 1.807) is 30.5 Å². The van der Waals surface area contributed by atoms with Crippen molar-refractivity contribution in [3.8, 4) is 5.69 Å². The average Bonchev–Trinajstić information content (AvgIpc) is 3.10. The van der Waals surface area contributed by atoms with Gasteiger partial charge in [0.1, 0.15) is 0 Å². The second kappa shape index (κ2) is 8.61. The molecule has 9 heteroatoms. The fraction of sp³-hybridized carbons (Fsp3) is 0.200. The first-order valence-electron chi connectivity index (χ1n) is 8.73. The predicted molar refractivity (Wildman–Crippen MR) is 118 cm³/mol. The highest BCUT2D eigenvalue weighted by molar-refractivity contribution is 8.00. The van der Waals surface area contributed by atoms with Crippen molar-refractivity contribution >= 4 is 44.9 Å². The molecule has 0 aliphatic carbocycles. The number of ketones is 1. The predicted octanol–water partition coefficient (Wildman–Crippen LogP) is 4.57. The summed E-state index contributed by atoms with van der Waals surface area (Å²) < 4.78 is 26.9. The number of Topliss-reactive ketones (excluding diaryl/α,β-unsaturated/α-hetero) is 1. The van der Waals surface area contributed by atoms with E-state index in [0.29, 0.717) is 21.4 Å². The number of imidazole rings is 1. The fourth-order valence-electron chi connectivity index (χ4n) is 2.78. The Hall–Kier alpha value is -2.29. The summed E-state index contributed by atoms with van der Waals surface area (Å²) in [6.45, 7) is 3.76. The summed E-state index contributed by atoms with van der Waals surface area (Å²) in [5.41, 5.74) is 2.76. The molecule has 0 aliphatic rings. The summed E-state index contributed by atoms with van der Waals surface area (Å²) in [6, 6.07) is 12.0. The third-order valence-corrected chi connectivity index (χ3v) is 6.33. The van der Waals surface area contributed by atoms with Gasteiger partial charge < -0.3 is 0 Å². The molecule has 1 heterocycles. The third-order valence-electron chi connectivity index (χ3n) is 4.23. The van der Waals surface area contributed by atoms with Gasteiger partial charge in [0, 0.05) is 28.7 Å². The van der Waals surface area contributed by atoms with Crippen molar-refractivity contribution in [1.29, 1.82) is 0 Å². The highest BCUT2D eigenvalue weighted by Crippen LogP contribution is 2.30. The lowest BCUT2D eigenvalue weighted by molar-refractivity contribution is 0.0994. The van der Waals surface area contributed by atoms with E-state index in [4.69, 9.17) is 11.6 Å². The van der Waals surface area contributed by atoms with Gasteiger partial charge in [-0.15, -0.1) is 0 Å². The van der Waals surface area contributed by atoms with Crippen molar-refractivity contribution in [2.24, 2.45) is 0 Å². The van der Waals surface area contributed by atoms with Crippen LogP contribution in [0.3, 0.4) is 0 Å². The molecule has 1 aromatic heterocycles. The van der Waals surface area contributed by atoms with Crippen LogP contribution in [0.15, 0.2) is 60.0 Å². The smallest absolute Gasteiger partial charge is 0.229 e. The van der Waals surface area contributed by atoms with Gasteiger partial charge in [0.25, 0.3) is 0 Å². The van der Waals surface area contributed by atoms with E-state index in [2.05, 4.69) is 9.71 Å². The van der Waals surface area contributed by atoms with Gasteiger partial charge in [-0.25, -0.2) is 13.4 Å². The van der Waals surface area contributed by atoms with Crippen LogP contribution in [-0.2, 0) is 10.0 Å². The molecule has 0 saturated heterocycles. The minimum atomic E-state index is -3.36. The Labute approximate surface area is 179 Å². The molecule has 0 fully saturated rings. The Morgan fingerprint density at radius 2 is 1.90 bits per heavy atom. The SMILES string of the molecule is Cc1c(Cl)cccc1-n1ccnc1SC(C)C(=O)c1ccc(NS(C)(=O)=O)cc1. The lowest BCUT2D eigenvalue weighted by Crippen LogP contribution is -2.15. The minimum absolute atomic E-state index is 0.0710. The van der Waals surface area contributed by atoms with Gasteiger partial charge in [0.15, 0.2) is 10.9 Å². The van der Waals surface area contributed by atoms with Gasteiger partial charge in [0.05, 0.1) is 17.2 Å². The van der Waals surface area contributed by atoms with E-state index in [1.165, 1.54) is 11.8 Å². The molecule has 29 heavy (non-hydrogen) atoms.